The number of nitrogens with one attached hydrogen (secondary N) is 1. The van der Waals surface area contributed by atoms with Gasteiger partial charge in [-0.15, -0.1) is 0 Å². The highest BCUT2D eigenvalue weighted by molar-refractivity contribution is 6.32. The Morgan fingerprint density at radius 2 is 1.82 bits per heavy atom. The number of fused-ring (bicyclic) bond motifs is 3. The Hall–Kier alpha value is -3.35. The van der Waals surface area contributed by atoms with Crippen molar-refractivity contribution in [3.05, 3.63) is 17.2 Å². The first-order valence-electron chi connectivity index (χ1n) is 13.0. The molecule has 0 heterocycles. The number of Topliss-reactive ketones (excluding diaryl/α,β-unsaturated/α-hetero) is 4. The van der Waals surface area contributed by atoms with Crippen LogP contribution in [-0.2, 0) is 25.6 Å². The summed E-state index contributed by atoms with van der Waals surface area (Å²) >= 11 is 0. The largest absolute Gasteiger partial charge is 0.505 e. The van der Waals surface area contributed by atoms with Crippen LogP contribution in [-0.4, -0.2) is 102 Å². The number of carbonyl (C=O) groups is 5. The van der Waals surface area contributed by atoms with Crippen LogP contribution in [0.15, 0.2) is 6.07 Å². The number of ketones is 4. The summed E-state index contributed by atoms with van der Waals surface area (Å²) in [5.41, 5.74) is 3.80. The number of amides is 1. The monoisotopic (exact) mass is 544 g/mol. The molecule has 3 aliphatic rings. The van der Waals surface area contributed by atoms with Crippen LogP contribution in [0.1, 0.15) is 35.7 Å². The van der Waals surface area contributed by atoms with Gasteiger partial charge in [0.25, 0.3) is 0 Å². The van der Waals surface area contributed by atoms with Crippen molar-refractivity contribution in [1.82, 2.24) is 4.90 Å². The van der Waals surface area contributed by atoms with Crippen molar-refractivity contribution in [3.63, 3.8) is 0 Å². The molecule has 2 fully saturated rings. The third-order valence-corrected chi connectivity index (χ3v) is 8.52. The Morgan fingerprint density at radius 3 is 2.36 bits per heavy atom. The number of phenols is 1. The first kappa shape index (κ1) is 28.7. The van der Waals surface area contributed by atoms with E-state index in [0.717, 1.165) is 0 Å². The summed E-state index contributed by atoms with van der Waals surface area (Å²) in [6.07, 6.45) is -0.0740. The summed E-state index contributed by atoms with van der Waals surface area (Å²) in [6, 6.07) is 0.517. The molecule has 12 nitrogen and oxygen atoms in total. The zero-order valence-electron chi connectivity index (χ0n) is 22.7. The highest BCUT2D eigenvalue weighted by atomic mass is 16.3. The zero-order valence-corrected chi connectivity index (χ0v) is 22.7. The van der Waals surface area contributed by atoms with E-state index in [1.165, 1.54) is 4.90 Å². The third kappa shape index (κ3) is 4.21. The molecular formula is C27H36N4O8. The van der Waals surface area contributed by atoms with Gasteiger partial charge in [-0.25, -0.2) is 0 Å². The second kappa shape index (κ2) is 10.00. The van der Waals surface area contributed by atoms with E-state index in [1.54, 1.807) is 46.1 Å². The maximum atomic E-state index is 14.0. The van der Waals surface area contributed by atoms with Gasteiger partial charge in [0.2, 0.25) is 5.91 Å². The number of aromatic hydroxyl groups is 1. The van der Waals surface area contributed by atoms with E-state index >= 15 is 0 Å². The number of carbonyl (C=O) groups excluding carboxylic acids is 5. The number of nitrogens with two attached hydrogens (primary N) is 1. The standard InChI is InChI=1S/C27H36N4O8/c1-6-12(32)10-29-15-9-16(30(2)3)13-7-11-8-14-20(31(4)5)23(35)19(26(28)38)25(37)27(14,39)24(36)17(11)22(34)18(13)21(15)33/h9,11-12,14,17,19-20,29,32-33,39H,6-8,10H2,1-5H3,(H2,28,38). The average Bonchev–Trinajstić information content (AvgIpc) is 2.84. The molecular weight excluding hydrogens is 508 g/mol. The molecule has 3 aliphatic carbocycles. The minimum absolute atomic E-state index is 0.0137. The van der Waals surface area contributed by atoms with E-state index in [9.17, 15) is 39.3 Å². The average molecular weight is 545 g/mol. The number of rotatable bonds is 7. The number of phenolic OH excluding ortho intramolecular Hbond substituents is 1. The number of hydrogen-bond acceptors (Lipinski definition) is 11. The van der Waals surface area contributed by atoms with Gasteiger partial charge in [-0.3, -0.25) is 28.9 Å². The molecule has 2 saturated carbocycles. The molecule has 4 rings (SSSR count). The van der Waals surface area contributed by atoms with Crippen LogP contribution in [0.2, 0.25) is 0 Å². The van der Waals surface area contributed by atoms with Crippen LogP contribution < -0.4 is 16.0 Å². The van der Waals surface area contributed by atoms with Crippen LogP contribution in [0.25, 0.3) is 0 Å². The van der Waals surface area contributed by atoms with E-state index < -0.39 is 76.2 Å². The molecule has 1 amide bonds. The number of hydrogen-bond donors (Lipinski definition) is 5. The van der Waals surface area contributed by atoms with Crippen molar-refractivity contribution >= 4 is 40.4 Å². The summed E-state index contributed by atoms with van der Waals surface area (Å²) in [7, 11) is 6.62. The molecule has 0 bridgehead atoms. The van der Waals surface area contributed by atoms with E-state index in [-0.39, 0.29) is 30.6 Å². The summed E-state index contributed by atoms with van der Waals surface area (Å²) in [6.45, 7) is 1.91. The van der Waals surface area contributed by atoms with E-state index in [2.05, 4.69) is 5.32 Å². The fraction of sp³-hybridized carbons (Fsp3) is 0.593. The predicted molar refractivity (Wildman–Crippen MR) is 140 cm³/mol. The van der Waals surface area contributed by atoms with E-state index in [4.69, 9.17) is 5.73 Å². The van der Waals surface area contributed by atoms with Crippen LogP contribution in [0.5, 0.6) is 5.75 Å². The number of aliphatic hydroxyl groups is 2. The molecule has 12 heteroatoms. The topological polar surface area (TPSA) is 191 Å². The molecule has 0 radical (unpaired) electrons. The van der Waals surface area contributed by atoms with Crippen LogP contribution in [0, 0.1) is 23.7 Å². The number of likely N-dealkylation sites (N-methyl/N-ethyl adjacent to an activating group) is 1. The van der Waals surface area contributed by atoms with Crippen LogP contribution in [0.4, 0.5) is 11.4 Å². The second-order valence-electron chi connectivity index (χ2n) is 11.3. The number of aliphatic hydroxyl groups excluding tert-OH is 1. The summed E-state index contributed by atoms with van der Waals surface area (Å²) in [5, 5.41) is 35.8. The molecule has 7 unspecified atom stereocenters. The Kier molecular flexibility index (Phi) is 7.34. The highest BCUT2D eigenvalue weighted by Gasteiger charge is 2.69. The number of primary amides is 1. The van der Waals surface area contributed by atoms with E-state index in [0.29, 0.717) is 17.7 Å². The van der Waals surface area contributed by atoms with Gasteiger partial charge in [-0.1, -0.05) is 6.92 Å². The van der Waals surface area contributed by atoms with Gasteiger partial charge < -0.3 is 31.3 Å². The molecule has 0 aromatic heterocycles. The highest BCUT2D eigenvalue weighted by Crippen LogP contribution is 2.52. The molecule has 39 heavy (non-hydrogen) atoms. The van der Waals surface area contributed by atoms with Crippen molar-refractivity contribution in [2.24, 2.45) is 29.4 Å². The Labute approximate surface area is 226 Å². The first-order valence-corrected chi connectivity index (χ1v) is 13.0. The maximum Gasteiger partial charge on any atom is 0.235 e. The predicted octanol–water partition coefficient (Wildman–Crippen LogP) is -0.884. The lowest BCUT2D eigenvalue weighted by Crippen LogP contribution is -2.74. The van der Waals surface area contributed by atoms with Gasteiger partial charge in [0, 0.05) is 32.2 Å². The minimum atomic E-state index is -2.77. The van der Waals surface area contributed by atoms with Gasteiger partial charge in [0.05, 0.1) is 29.3 Å². The van der Waals surface area contributed by atoms with Gasteiger partial charge in [-0.05, 0) is 50.9 Å². The van der Waals surface area contributed by atoms with Gasteiger partial charge in [-0.2, -0.15) is 0 Å². The fourth-order valence-electron chi connectivity index (χ4n) is 6.56. The molecule has 7 atom stereocenters. The molecule has 1 aromatic rings. The van der Waals surface area contributed by atoms with Crippen molar-refractivity contribution in [3.8, 4) is 5.75 Å². The number of benzene rings is 1. The lowest BCUT2D eigenvalue weighted by molar-refractivity contribution is -0.181. The lowest BCUT2D eigenvalue weighted by atomic mass is 9.52. The molecule has 0 aliphatic heterocycles. The van der Waals surface area contributed by atoms with Crippen molar-refractivity contribution in [2.75, 3.05) is 45.0 Å². The lowest BCUT2D eigenvalue weighted by Gasteiger charge is -2.52. The minimum Gasteiger partial charge on any atom is -0.505 e. The molecule has 0 spiro atoms. The molecule has 0 saturated heterocycles. The van der Waals surface area contributed by atoms with E-state index in [1.807, 2.05) is 0 Å². The second-order valence-corrected chi connectivity index (χ2v) is 11.3. The van der Waals surface area contributed by atoms with Crippen LogP contribution >= 0.6 is 0 Å². The van der Waals surface area contributed by atoms with Crippen LogP contribution in [0.3, 0.4) is 0 Å². The maximum absolute atomic E-state index is 14.0. The number of anilines is 2. The van der Waals surface area contributed by atoms with Crippen molar-refractivity contribution in [1.29, 1.82) is 0 Å². The quantitative estimate of drug-likeness (QED) is 0.211. The molecule has 6 N–H and O–H groups in total. The molecule has 1 aromatic carbocycles. The number of nitrogens with zero attached hydrogens (tertiary/aromatic N) is 2. The Balaban J connectivity index is 1.85. The SMILES string of the molecule is CCC(O)CNc1cc(N(C)C)c2c(c1O)C(=O)C1C(=O)C3(O)C(=O)C(C(N)=O)C(=O)C(N(C)C)C3CC1C2. The van der Waals surface area contributed by atoms with Gasteiger partial charge in [0.1, 0.15) is 5.75 Å². The Bertz CT molecular complexity index is 1260. The zero-order chi connectivity index (χ0) is 29.1. The Morgan fingerprint density at radius 1 is 1.18 bits per heavy atom. The van der Waals surface area contributed by atoms with Crippen molar-refractivity contribution < 1.29 is 39.3 Å². The van der Waals surface area contributed by atoms with Gasteiger partial charge in [0.15, 0.2) is 34.7 Å². The smallest absolute Gasteiger partial charge is 0.235 e. The summed E-state index contributed by atoms with van der Waals surface area (Å²) < 4.78 is 0. The van der Waals surface area contributed by atoms with Gasteiger partial charge >= 0.3 is 0 Å². The van der Waals surface area contributed by atoms with Crippen molar-refractivity contribution in [2.45, 2.75) is 43.9 Å². The molecule has 212 valence electrons. The summed E-state index contributed by atoms with van der Waals surface area (Å²) in [5.74, 6) is -10.9. The fourth-order valence-corrected chi connectivity index (χ4v) is 6.56. The normalized spacial score (nSPS) is 30.9. The first-order chi connectivity index (χ1) is 18.2. The summed E-state index contributed by atoms with van der Waals surface area (Å²) in [4.78, 5) is 69.8. The third-order valence-electron chi connectivity index (χ3n) is 8.52.